The average molecular weight is 338 g/mol. The molecule has 3 aromatic carbocycles. The predicted octanol–water partition coefficient (Wildman–Crippen LogP) is 6.81. The number of hydrogen-bond donors (Lipinski definition) is 1. The molecule has 0 atom stereocenters. The lowest BCUT2D eigenvalue weighted by molar-refractivity contribution is 1.45. The van der Waals surface area contributed by atoms with Crippen molar-refractivity contribution < 1.29 is 0 Å². The van der Waals surface area contributed by atoms with Gasteiger partial charge in [0.25, 0.3) is 0 Å². The van der Waals surface area contributed by atoms with Crippen molar-refractivity contribution in [1.29, 1.82) is 0 Å². The number of fused-ring (bicyclic) bond motifs is 1. The van der Waals surface area contributed by atoms with E-state index in [4.69, 9.17) is 23.2 Å². The van der Waals surface area contributed by atoms with Crippen LogP contribution in [0, 0.1) is 0 Å². The van der Waals surface area contributed by atoms with Crippen LogP contribution in [0.1, 0.15) is 0 Å². The Labute approximate surface area is 144 Å². The van der Waals surface area contributed by atoms with E-state index >= 15 is 0 Å². The first-order valence-corrected chi connectivity index (χ1v) is 8.11. The molecule has 0 aliphatic heterocycles. The second kappa shape index (κ2) is 5.77. The van der Waals surface area contributed by atoms with E-state index in [1.165, 1.54) is 0 Å². The van der Waals surface area contributed by atoms with Crippen LogP contribution in [0.4, 0.5) is 0 Å². The zero-order chi connectivity index (χ0) is 15.8. The average Bonchev–Trinajstić information content (AvgIpc) is 2.95. The van der Waals surface area contributed by atoms with Crippen LogP contribution in [-0.4, -0.2) is 4.98 Å². The zero-order valence-electron chi connectivity index (χ0n) is 12.2. The van der Waals surface area contributed by atoms with E-state index in [9.17, 15) is 0 Å². The van der Waals surface area contributed by atoms with Crippen molar-refractivity contribution in [2.75, 3.05) is 0 Å². The Bertz CT molecular complexity index is 973. The topological polar surface area (TPSA) is 15.8 Å². The SMILES string of the molecule is Clc1cc2[nH]c(-c3ccccc3)c(-c3ccccc3)c2cc1Cl. The summed E-state index contributed by atoms with van der Waals surface area (Å²) in [6.07, 6.45) is 0. The monoisotopic (exact) mass is 337 g/mol. The fourth-order valence-electron chi connectivity index (χ4n) is 2.91. The van der Waals surface area contributed by atoms with Gasteiger partial charge in [-0.25, -0.2) is 0 Å². The van der Waals surface area contributed by atoms with Gasteiger partial charge in [0.1, 0.15) is 0 Å². The summed E-state index contributed by atoms with van der Waals surface area (Å²) < 4.78 is 0. The molecule has 0 bridgehead atoms. The molecule has 0 unspecified atom stereocenters. The van der Waals surface area contributed by atoms with Gasteiger partial charge in [0, 0.05) is 16.5 Å². The van der Waals surface area contributed by atoms with Gasteiger partial charge in [-0.05, 0) is 23.3 Å². The summed E-state index contributed by atoms with van der Waals surface area (Å²) in [5.74, 6) is 0. The van der Waals surface area contributed by atoms with Crippen molar-refractivity contribution in [2.24, 2.45) is 0 Å². The third-order valence-corrected chi connectivity index (χ3v) is 4.69. The molecule has 4 aromatic rings. The van der Waals surface area contributed by atoms with E-state index in [0.717, 1.165) is 33.3 Å². The van der Waals surface area contributed by atoms with Crippen LogP contribution >= 0.6 is 23.2 Å². The summed E-state index contributed by atoms with van der Waals surface area (Å²) in [6.45, 7) is 0. The molecule has 0 spiro atoms. The quantitative estimate of drug-likeness (QED) is 0.413. The summed E-state index contributed by atoms with van der Waals surface area (Å²) in [4.78, 5) is 3.50. The van der Waals surface area contributed by atoms with Crippen molar-refractivity contribution in [2.45, 2.75) is 0 Å². The van der Waals surface area contributed by atoms with Gasteiger partial charge >= 0.3 is 0 Å². The normalized spacial score (nSPS) is 11.0. The third kappa shape index (κ3) is 2.52. The van der Waals surface area contributed by atoms with Gasteiger partial charge in [-0.15, -0.1) is 0 Å². The Balaban J connectivity index is 2.09. The summed E-state index contributed by atoms with van der Waals surface area (Å²) >= 11 is 12.4. The number of hydrogen-bond acceptors (Lipinski definition) is 0. The molecule has 0 amide bonds. The van der Waals surface area contributed by atoms with Crippen LogP contribution in [0.3, 0.4) is 0 Å². The van der Waals surface area contributed by atoms with Gasteiger partial charge in [0.2, 0.25) is 0 Å². The molecule has 0 radical (unpaired) electrons. The fourth-order valence-corrected chi connectivity index (χ4v) is 3.24. The van der Waals surface area contributed by atoms with Crippen LogP contribution in [0.2, 0.25) is 10.0 Å². The summed E-state index contributed by atoms with van der Waals surface area (Å²) in [7, 11) is 0. The third-order valence-electron chi connectivity index (χ3n) is 3.96. The van der Waals surface area contributed by atoms with E-state index < -0.39 is 0 Å². The van der Waals surface area contributed by atoms with E-state index in [-0.39, 0.29) is 0 Å². The summed E-state index contributed by atoms with van der Waals surface area (Å²) in [5, 5.41) is 2.19. The van der Waals surface area contributed by atoms with Gasteiger partial charge in [-0.1, -0.05) is 83.9 Å². The summed E-state index contributed by atoms with van der Waals surface area (Å²) in [6, 6.07) is 24.4. The largest absolute Gasteiger partial charge is 0.354 e. The molecule has 1 heterocycles. The van der Waals surface area contributed by atoms with Crippen LogP contribution in [-0.2, 0) is 0 Å². The lowest BCUT2D eigenvalue weighted by Crippen LogP contribution is -1.82. The molecule has 112 valence electrons. The summed E-state index contributed by atoms with van der Waals surface area (Å²) in [5.41, 5.74) is 5.48. The van der Waals surface area contributed by atoms with E-state index in [1.54, 1.807) is 0 Å². The van der Waals surface area contributed by atoms with E-state index in [1.807, 2.05) is 48.5 Å². The fraction of sp³-hybridized carbons (Fsp3) is 0. The first-order valence-electron chi connectivity index (χ1n) is 7.35. The Kier molecular flexibility index (Phi) is 3.60. The maximum absolute atomic E-state index is 6.26. The second-order valence-corrected chi connectivity index (χ2v) is 6.23. The van der Waals surface area contributed by atoms with Crippen LogP contribution in [0.5, 0.6) is 0 Å². The lowest BCUT2D eigenvalue weighted by Gasteiger charge is -2.06. The first kappa shape index (κ1) is 14.4. The van der Waals surface area contributed by atoms with Crippen LogP contribution in [0.15, 0.2) is 72.8 Å². The Morgan fingerprint density at radius 1 is 0.652 bits per heavy atom. The highest BCUT2D eigenvalue weighted by atomic mass is 35.5. The number of halogens is 2. The van der Waals surface area contributed by atoms with Crippen molar-refractivity contribution in [3.8, 4) is 22.4 Å². The van der Waals surface area contributed by atoms with Gasteiger partial charge in [-0.3, -0.25) is 0 Å². The molecule has 1 nitrogen and oxygen atoms in total. The highest BCUT2D eigenvalue weighted by Gasteiger charge is 2.16. The molecule has 0 fully saturated rings. The van der Waals surface area contributed by atoms with Gasteiger partial charge < -0.3 is 4.98 Å². The molecule has 0 saturated heterocycles. The molecule has 0 saturated carbocycles. The molecule has 1 aromatic heterocycles. The highest BCUT2D eigenvalue weighted by Crippen LogP contribution is 2.40. The van der Waals surface area contributed by atoms with Crippen molar-refractivity contribution >= 4 is 34.1 Å². The number of aromatic amines is 1. The number of nitrogens with one attached hydrogen (secondary N) is 1. The minimum atomic E-state index is 0.555. The van der Waals surface area contributed by atoms with Crippen LogP contribution in [0.25, 0.3) is 33.3 Å². The van der Waals surface area contributed by atoms with Gasteiger partial charge in [-0.2, -0.15) is 0 Å². The minimum Gasteiger partial charge on any atom is -0.354 e. The smallest absolute Gasteiger partial charge is 0.0613 e. The Morgan fingerprint density at radius 2 is 1.22 bits per heavy atom. The van der Waals surface area contributed by atoms with E-state index in [2.05, 4.69) is 29.2 Å². The van der Waals surface area contributed by atoms with Crippen molar-refractivity contribution in [3.63, 3.8) is 0 Å². The standard InChI is InChI=1S/C20H13Cl2N/c21-16-11-15-18(12-17(16)22)23-20(14-9-5-2-6-10-14)19(15)13-7-3-1-4-8-13/h1-12,23H. The van der Waals surface area contributed by atoms with Gasteiger partial charge in [0.15, 0.2) is 0 Å². The number of aromatic nitrogens is 1. The Hall–Kier alpha value is -2.22. The van der Waals surface area contributed by atoms with E-state index in [0.29, 0.717) is 10.0 Å². The molecule has 1 N–H and O–H groups in total. The number of rotatable bonds is 2. The van der Waals surface area contributed by atoms with Gasteiger partial charge in [0.05, 0.1) is 15.7 Å². The van der Waals surface area contributed by atoms with Crippen LogP contribution < -0.4 is 0 Å². The molecule has 0 aliphatic carbocycles. The molecular weight excluding hydrogens is 325 g/mol. The van der Waals surface area contributed by atoms with Crippen molar-refractivity contribution in [3.05, 3.63) is 82.8 Å². The molecule has 3 heteroatoms. The first-order chi connectivity index (χ1) is 11.2. The zero-order valence-corrected chi connectivity index (χ0v) is 13.7. The molecule has 23 heavy (non-hydrogen) atoms. The highest BCUT2D eigenvalue weighted by molar-refractivity contribution is 6.43. The number of H-pyrrole nitrogens is 1. The maximum atomic E-state index is 6.26. The second-order valence-electron chi connectivity index (χ2n) is 5.42. The molecule has 0 aliphatic rings. The van der Waals surface area contributed by atoms with Crippen molar-refractivity contribution in [1.82, 2.24) is 4.98 Å². The number of benzene rings is 3. The minimum absolute atomic E-state index is 0.555. The maximum Gasteiger partial charge on any atom is 0.0613 e. The molecular formula is C20H13Cl2N. The lowest BCUT2D eigenvalue weighted by atomic mass is 9.98. The molecule has 4 rings (SSSR count). The predicted molar refractivity (Wildman–Crippen MR) is 99.2 cm³/mol. The Morgan fingerprint density at radius 3 is 1.87 bits per heavy atom.